The number of hydrogen-bond donors (Lipinski definition) is 1. The molecule has 0 heterocycles. The molecule has 0 spiro atoms. The van der Waals surface area contributed by atoms with Crippen molar-refractivity contribution in [3.05, 3.63) is 35.5 Å². The predicted octanol–water partition coefficient (Wildman–Crippen LogP) is 3.24. The minimum atomic E-state index is -3.37. The Morgan fingerprint density at radius 2 is 2.04 bits per heavy atom. The summed E-state index contributed by atoms with van der Waals surface area (Å²) in [7, 11) is -3.37. The quantitative estimate of drug-likeness (QED) is 0.784. The molecule has 23 heavy (non-hydrogen) atoms. The number of nitrogens with one attached hydrogen (secondary N) is 1. The van der Waals surface area contributed by atoms with Gasteiger partial charge in [-0.15, -0.1) is 0 Å². The van der Waals surface area contributed by atoms with Crippen molar-refractivity contribution in [3.63, 3.8) is 0 Å². The third kappa shape index (κ3) is 4.88. The molecule has 0 fully saturated rings. The number of allylic oxidation sites excluding steroid dienone is 5. The van der Waals surface area contributed by atoms with E-state index in [4.69, 9.17) is 0 Å². The molecule has 0 aromatic rings. The molecule has 3 atom stereocenters. The van der Waals surface area contributed by atoms with Gasteiger partial charge in [-0.05, 0) is 44.6 Å². The molecular weight excluding hydrogens is 308 g/mol. The number of aliphatic imine (C=N–C) groups is 1. The number of sulfonamides is 1. The lowest BCUT2D eigenvalue weighted by Gasteiger charge is -2.26. The van der Waals surface area contributed by atoms with Crippen molar-refractivity contribution >= 4 is 15.7 Å². The first kappa shape index (κ1) is 18.1. The van der Waals surface area contributed by atoms with Crippen LogP contribution < -0.4 is 4.72 Å². The van der Waals surface area contributed by atoms with E-state index in [2.05, 4.69) is 28.8 Å². The van der Waals surface area contributed by atoms with Gasteiger partial charge < -0.3 is 0 Å². The van der Waals surface area contributed by atoms with E-state index in [0.717, 1.165) is 29.7 Å². The zero-order valence-corrected chi connectivity index (χ0v) is 15.4. The van der Waals surface area contributed by atoms with Crippen LogP contribution in [-0.2, 0) is 10.0 Å². The average Bonchev–Trinajstić information content (AvgIpc) is 2.44. The van der Waals surface area contributed by atoms with Crippen LogP contribution in [0.3, 0.4) is 0 Å². The fourth-order valence-electron chi connectivity index (χ4n) is 3.37. The maximum absolute atomic E-state index is 12.6. The lowest BCUT2D eigenvalue weighted by molar-refractivity contribution is 0.552. The minimum Gasteiger partial charge on any atom is -0.288 e. The van der Waals surface area contributed by atoms with Crippen molar-refractivity contribution in [3.8, 4) is 0 Å². The highest BCUT2D eigenvalue weighted by molar-refractivity contribution is 7.90. The van der Waals surface area contributed by atoms with Crippen molar-refractivity contribution in [1.82, 2.24) is 4.72 Å². The van der Waals surface area contributed by atoms with E-state index in [9.17, 15) is 8.42 Å². The van der Waals surface area contributed by atoms with E-state index >= 15 is 0 Å². The minimum absolute atomic E-state index is 0.00780. The molecule has 1 N–H and O–H groups in total. The van der Waals surface area contributed by atoms with Gasteiger partial charge in [0.25, 0.3) is 0 Å². The van der Waals surface area contributed by atoms with Crippen molar-refractivity contribution in [1.29, 1.82) is 0 Å². The predicted molar refractivity (Wildman–Crippen MR) is 97.2 cm³/mol. The van der Waals surface area contributed by atoms with E-state index in [1.54, 1.807) is 0 Å². The third-order valence-corrected chi connectivity index (χ3v) is 6.52. The van der Waals surface area contributed by atoms with Gasteiger partial charge in [0.15, 0.2) is 0 Å². The average molecular weight is 337 g/mol. The largest absolute Gasteiger partial charge is 0.288 e. The van der Waals surface area contributed by atoms with Crippen LogP contribution in [0.2, 0.25) is 0 Å². The monoisotopic (exact) mass is 336 g/mol. The molecule has 0 aliphatic heterocycles. The van der Waals surface area contributed by atoms with Gasteiger partial charge in [-0.1, -0.05) is 43.2 Å². The third-order valence-electron chi connectivity index (χ3n) is 4.44. The maximum atomic E-state index is 12.6. The zero-order chi connectivity index (χ0) is 17.0. The molecule has 0 saturated heterocycles. The summed E-state index contributed by atoms with van der Waals surface area (Å²) < 4.78 is 27.9. The van der Waals surface area contributed by atoms with Crippen molar-refractivity contribution < 1.29 is 8.42 Å². The second-order valence-electron chi connectivity index (χ2n) is 6.77. The van der Waals surface area contributed by atoms with E-state index in [1.165, 1.54) is 0 Å². The van der Waals surface area contributed by atoms with E-state index in [-0.39, 0.29) is 5.92 Å². The fourth-order valence-corrected chi connectivity index (χ4v) is 5.13. The maximum Gasteiger partial charge on any atom is 0.218 e. The summed E-state index contributed by atoms with van der Waals surface area (Å²) in [6.45, 7) is 8.90. The number of hydrogen-bond acceptors (Lipinski definition) is 3. The Morgan fingerprint density at radius 3 is 2.65 bits per heavy atom. The van der Waals surface area contributed by atoms with Crippen LogP contribution in [0.15, 0.2) is 40.4 Å². The van der Waals surface area contributed by atoms with Gasteiger partial charge in [0, 0.05) is 12.3 Å². The highest BCUT2D eigenvalue weighted by Gasteiger charge is 2.32. The van der Waals surface area contributed by atoms with E-state index < -0.39 is 15.3 Å². The number of nitrogens with zero attached hydrogens (tertiary/aromatic N) is 1. The molecule has 128 valence electrons. The zero-order valence-electron chi connectivity index (χ0n) is 14.5. The summed E-state index contributed by atoms with van der Waals surface area (Å²) in [4.78, 5) is 4.49. The Morgan fingerprint density at radius 1 is 1.30 bits per heavy atom. The molecule has 2 rings (SSSR count). The summed E-state index contributed by atoms with van der Waals surface area (Å²) in [5, 5.41) is -0.478. The summed E-state index contributed by atoms with van der Waals surface area (Å²) in [5.41, 5.74) is 3.11. The molecule has 0 aromatic carbocycles. The van der Waals surface area contributed by atoms with Gasteiger partial charge in [0.2, 0.25) is 10.0 Å². The van der Waals surface area contributed by atoms with Crippen molar-refractivity contribution in [2.24, 2.45) is 16.8 Å². The summed E-state index contributed by atoms with van der Waals surface area (Å²) in [6, 6.07) is 0. The van der Waals surface area contributed by atoms with Crippen LogP contribution in [-0.4, -0.2) is 32.5 Å². The van der Waals surface area contributed by atoms with Crippen LogP contribution in [0.25, 0.3) is 0 Å². The van der Waals surface area contributed by atoms with Gasteiger partial charge in [-0.2, -0.15) is 0 Å². The first-order valence-corrected chi connectivity index (χ1v) is 9.91. The molecule has 2 aliphatic carbocycles. The Hall–Kier alpha value is -1.20. The fraction of sp³-hybridized carbons (Fsp3) is 0.611. The molecule has 0 saturated carbocycles. The molecule has 0 amide bonds. The second kappa shape index (κ2) is 7.58. The van der Waals surface area contributed by atoms with E-state index in [1.807, 2.05) is 32.9 Å². The van der Waals surface area contributed by atoms with Crippen LogP contribution >= 0.6 is 0 Å². The van der Waals surface area contributed by atoms with Crippen LogP contribution in [0.5, 0.6) is 0 Å². The van der Waals surface area contributed by atoms with Crippen molar-refractivity contribution in [2.45, 2.75) is 45.8 Å². The van der Waals surface area contributed by atoms with Crippen LogP contribution in [0.1, 0.15) is 40.5 Å². The van der Waals surface area contributed by atoms with Crippen LogP contribution in [0, 0.1) is 11.8 Å². The smallest absolute Gasteiger partial charge is 0.218 e. The van der Waals surface area contributed by atoms with Crippen molar-refractivity contribution in [2.75, 3.05) is 13.1 Å². The Labute approximate surface area is 140 Å². The van der Waals surface area contributed by atoms with Gasteiger partial charge in [-0.3, -0.25) is 4.99 Å². The highest BCUT2D eigenvalue weighted by atomic mass is 32.2. The number of rotatable bonds is 5. The van der Waals surface area contributed by atoms with Gasteiger partial charge in [-0.25, -0.2) is 13.1 Å². The van der Waals surface area contributed by atoms with Gasteiger partial charge in [0.1, 0.15) is 5.25 Å². The first-order chi connectivity index (χ1) is 10.8. The van der Waals surface area contributed by atoms with Crippen LogP contribution in [0.4, 0.5) is 0 Å². The summed E-state index contributed by atoms with van der Waals surface area (Å²) in [5.74, 6) is 0.609. The molecule has 0 radical (unpaired) electrons. The van der Waals surface area contributed by atoms with Gasteiger partial charge >= 0.3 is 0 Å². The summed E-state index contributed by atoms with van der Waals surface area (Å²) >= 11 is 0. The molecule has 4 nitrogen and oxygen atoms in total. The lowest BCUT2D eigenvalue weighted by atomic mass is 9.92. The lowest BCUT2D eigenvalue weighted by Crippen LogP contribution is -2.40. The Kier molecular flexibility index (Phi) is 5.98. The standard InChI is InChI=1S/C18H28N2O2S/c1-13-5-7-17(8-6-13)19-9-10-20-23(21,22)18-15(3)11-14(2)12-16(18)4/h5,7,11-13,15,18,20H,6,8-10H2,1-4H3. The molecular formula is C18H28N2O2S. The van der Waals surface area contributed by atoms with E-state index in [0.29, 0.717) is 19.0 Å². The molecule has 0 aromatic heterocycles. The Bertz CT molecular complexity index is 657. The highest BCUT2D eigenvalue weighted by Crippen LogP contribution is 2.27. The second-order valence-corrected chi connectivity index (χ2v) is 8.65. The normalized spacial score (nSPS) is 30.3. The first-order valence-electron chi connectivity index (χ1n) is 8.36. The van der Waals surface area contributed by atoms with Gasteiger partial charge in [0.05, 0.1) is 6.54 Å². The molecule has 5 heteroatoms. The molecule has 0 bridgehead atoms. The Balaban J connectivity index is 1.91. The molecule has 2 aliphatic rings. The summed E-state index contributed by atoms with van der Waals surface area (Å²) in [6.07, 6.45) is 10.3. The molecule has 3 unspecified atom stereocenters. The SMILES string of the molecule is CC1=CC(C)C(S(=O)(=O)NCCN=C2C=CC(C)CC2)C(C)=C1. The topological polar surface area (TPSA) is 58.5 Å².